The van der Waals surface area contributed by atoms with E-state index in [2.05, 4.69) is 24.1 Å². The molecule has 1 aromatic carbocycles. The molecule has 3 heteroatoms. The van der Waals surface area contributed by atoms with Gasteiger partial charge in [0.1, 0.15) is 5.82 Å². The van der Waals surface area contributed by atoms with Crippen LogP contribution in [0.5, 0.6) is 0 Å². The summed E-state index contributed by atoms with van der Waals surface area (Å²) in [6.07, 6.45) is 4.62. The molecule has 0 amide bonds. The Kier molecular flexibility index (Phi) is 5.20. The van der Waals surface area contributed by atoms with E-state index in [0.29, 0.717) is 6.04 Å². The van der Waals surface area contributed by atoms with Crippen molar-refractivity contribution in [3.8, 4) is 0 Å². The Morgan fingerprint density at radius 1 is 1.21 bits per heavy atom. The number of anilines is 1. The van der Waals surface area contributed by atoms with Crippen LogP contribution in [0.25, 0.3) is 0 Å². The predicted octanol–water partition coefficient (Wildman–Crippen LogP) is 3.70. The average Bonchev–Trinajstić information content (AvgIpc) is 3.20. The van der Waals surface area contributed by atoms with Crippen molar-refractivity contribution in [2.24, 2.45) is 0 Å². The smallest absolute Gasteiger partial charge is 0.146 e. The standard InChI is InChI=1S/C16H25FN2/c1-3-10-19(11-4-2)16-13(6-5-7-15(16)17)12-18-14-8-9-14/h5-7,14,18H,3-4,8-12H2,1-2H3. The summed E-state index contributed by atoms with van der Waals surface area (Å²) in [7, 11) is 0. The third kappa shape index (κ3) is 3.93. The molecule has 0 aromatic heterocycles. The van der Waals surface area contributed by atoms with Gasteiger partial charge in [-0.25, -0.2) is 4.39 Å². The molecule has 1 fully saturated rings. The van der Waals surface area contributed by atoms with Crippen LogP contribution in [0.15, 0.2) is 18.2 Å². The minimum atomic E-state index is -0.0861. The summed E-state index contributed by atoms with van der Waals surface area (Å²) >= 11 is 0. The molecule has 0 heterocycles. The summed E-state index contributed by atoms with van der Waals surface area (Å²) in [6.45, 7) is 6.91. The second-order valence-electron chi connectivity index (χ2n) is 5.39. The van der Waals surface area contributed by atoms with Gasteiger partial charge in [-0.2, -0.15) is 0 Å². The third-order valence-corrected chi connectivity index (χ3v) is 3.53. The van der Waals surface area contributed by atoms with E-state index >= 15 is 0 Å². The normalized spacial score (nSPS) is 14.7. The molecular formula is C16H25FN2. The Bertz CT molecular complexity index is 396. The lowest BCUT2D eigenvalue weighted by atomic mass is 10.1. The number of rotatable bonds is 8. The molecule has 1 saturated carbocycles. The zero-order valence-electron chi connectivity index (χ0n) is 12.1. The molecule has 0 spiro atoms. The first kappa shape index (κ1) is 14.3. The van der Waals surface area contributed by atoms with E-state index in [1.54, 1.807) is 6.07 Å². The summed E-state index contributed by atoms with van der Waals surface area (Å²) in [5.41, 5.74) is 1.90. The molecule has 0 bridgehead atoms. The molecule has 1 aliphatic rings. The molecule has 106 valence electrons. The highest BCUT2D eigenvalue weighted by Crippen LogP contribution is 2.27. The number of nitrogens with one attached hydrogen (secondary N) is 1. The highest BCUT2D eigenvalue weighted by molar-refractivity contribution is 5.55. The van der Waals surface area contributed by atoms with Crippen LogP contribution in [0.4, 0.5) is 10.1 Å². The van der Waals surface area contributed by atoms with E-state index in [1.165, 1.54) is 12.8 Å². The van der Waals surface area contributed by atoms with Crippen LogP contribution in [-0.4, -0.2) is 19.1 Å². The van der Waals surface area contributed by atoms with Crippen LogP contribution in [0.1, 0.15) is 45.1 Å². The van der Waals surface area contributed by atoms with Gasteiger partial charge >= 0.3 is 0 Å². The van der Waals surface area contributed by atoms with Crippen molar-refractivity contribution in [1.82, 2.24) is 5.32 Å². The van der Waals surface area contributed by atoms with Gasteiger partial charge < -0.3 is 10.2 Å². The summed E-state index contributed by atoms with van der Waals surface area (Å²) in [5.74, 6) is -0.0861. The second kappa shape index (κ2) is 6.90. The fourth-order valence-electron chi connectivity index (χ4n) is 2.47. The highest BCUT2D eigenvalue weighted by Gasteiger charge is 2.22. The van der Waals surface area contributed by atoms with Crippen LogP contribution in [0, 0.1) is 5.82 Å². The van der Waals surface area contributed by atoms with Crippen LogP contribution in [0.2, 0.25) is 0 Å². The molecule has 1 aliphatic carbocycles. The van der Waals surface area contributed by atoms with Crippen molar-refractivity contribution < 1.29 is 4.39 Å². The Labute approximate surface area is 116 Å². The number of nitrogens with zero attached hydrogens (tertiary/aromatic N) is 1. The van der Waals surface area contributed by atoms with Gasteiger partial charge in [0.15, 0.2) is 0 Å². The first-order valence-corrected chi connectivity index (χ1v) is 7.52. The monoisotopic (exact) mass is 264 g/mol. The Balaban J connectivity index is 2.17. The van der Waals surface area contributed by atoms with Crippen molar-refractivity contribution >= 4 is 5.69 Å². The summed E-state index contributed by atoms with van der Waals surface area (Å²) < 4.78 is 14.2. The highest BCUT2D eigenvalue weighted by atomic mass is 19.1. The fourth-order valence-corrected chi connectivity index (χ4v) is 2.47. The van der Waals surface area contributed by atoms with Crippen molar-refractivity contribution in [3.05, 3.63) is 29.6 Å². The van der Waals surface area contributed by atoms with E-state index in [9.17, 15) is 4.39 Å². The van der Waals surface area contributed by atoms with E-state index in [-0.39, 0.29) is 5.82 Å². The Hall–Kier alpha value is -1.09. The van der Waals surface area contributed by atoms with Gasteiger partial charge in [0.2, 0.25) is 0 Å². The van der Waals surface area contributed by atoms with Gasteiger partial charge in [-0.15, -0.1) is 0 Å². The third-order valence-electron chi connectivity index (χ3n) is 3.53. The van der Waals surface area contributed by atoms with Gasteiger partial charge in [-0.05, 0) is 37.3 Å². The molecule has 2 rings (SSSR count). The van der Waals surface area contributed by atoms with E-state index in [4.69, 9.17) is 0 Å². The summed E-state index contributed by atoms with van der Waals surface area (Å²) in [6, 6.07) is 6.10. The van der Waals surface area contributed by atoms with Gasteiger partial charge in [-0.1, -0.05) is 26.0 Å². The molecule has 0 atom stereocenters. The summed E-state index contributed by atoms with van der Waals surface area (Å²) in [4.78, 5) is 2.19. The molecule has 0 saturated heterocycles. The number of hydrogen-bond acceptors (Lipinski definition) is 2. The topological polar surface area (TPSA) is 15.3 Å². The lowest BCUT2D eigenvalue weighted by Gasteiger charge is -2.27. The zero-order chi connectivity index (χ0) is 13.7. The van der Waals surface area contributed by atoms with E-state index in [1.807, 2.05) is 12.1 Å². The lowest BCUT2D eigenvalue weighted by molar-refractivity contribution is 0.604. The maximum absolute atomic E-state index is 14.2. The first-order valence-electron chi connectivity index (χ1n) is 7.52. The molecule has 2 nitrogen and oxygen atoms in total. The predicted molar refractivity (Wildman–Crippen MR) is 79.1 cm³/mol. The maximum Gasteiger partial charge on any atom is 0.146 e. The largest absolute Gasteiger partial charge is 0.369 e. The number of hydrogen-bond donors (Lipinski definition) is 1. The quantitative estimate of drug-likeness (QED) is 0.770. The van der Waals surface area contributed by atoms with Gasteiger partial charge in [0.25, 0.3) is 0 Å². The Morgan fingerprint density at radius 3 is 2.47 bits per heavy atom. The van der Waals surface area contributed by atoms with Crippen LogP contribution in [0.3, 0.4) is 0 Å². The van der Waals surface area contributed by atoms with E-state index in [0.717, 1.165) is 43.7 Å². The van der Waals surface area contributed by atoms with Crippen molar-refractivity contribution in [2.45, 2.75) is 52.1 Å². The zero-order valence-corrected chi connectivity index (χ0v) is 12.1. The molecule has 0 aliphatic heterocycles. The minimum Gasteiger partial charge on any atom is -0.369 e. The lowest BCUT2D eigenvalue weighted by Crippen LogP contribution is -2.28. The van der Waals surface area contributed by atoms with Crippen molar-refractivity contribution in [1.29, 1.82) is 0 Å². The number of para-hydroxylation sites is 1. The first-order chi connectivity index (χ1) is 9.26. The number of halogens is 1. The molecule has 19 heavy (non-hydrogen) atoms. The van der Waals surface area contributed by atoms with E-state index < -0.39 is 0 Å². The average molecular weight is 264 g/mol. The van der Waals surface area contributed by atoms with Gasteiger partial charge in [-0.3, -0.25) is 0 Å². The second-order valence-corrected chi connectivity index (χ2v) is 5.39. The maximum atomic E-state index is 14.2. The SMILES string of the molecule is CCCN(CCC)c1c(F)cccc1CNC1CC1. The molecule has 1 aromatic rings. The van der Waals surface area contributed by atoms with Crippen LogP contribution < -0.4 is 10.2 Å². The number of benzene rings is 1. The fraction of sp³-hybridized carbons (Fsp3) is 0.625. The summed E-state index contributed by atoms with van der Waals surface area (Å²) in [5, 5.41) is 3.49. The molecular weight excluding hydrogens is 239 g/mol. The molecule has 0 radical (unpaired) electrons. The van der Waals surface area contributed by atoms with Gasteiger partial charge in [0.05, 0.1) is 5.69 Å². The van der Waals surface area contributed by atoms with Gasteiger partial charge in [0, 0.05) is 25.7 Å². The van der Waals surface area contributed by atoms with Crippen molar-refractivity contribution in [2.75, 3.05) is 18.0 Å². The van der Waals surface area contributed by atoms with Crippen LogP contribution in [-0.2, 0) is 6.54 Å². The van der Waals surface area contributed by atoms with Crippen molar-refractivity contribution in [3.63, 3.8) is 0 Å². The Morgan fingerprint density at radius 2 is 1.89 bits per heavy atom. The molecule has 0 unspecified atom stereocenters. The van der Waals surface area contributed by atoms with Crippen LogP contribution >= 0.6 is 0 Å². The minimum absolute atomic E-state index is 0.0861. The molecule has 1 N–H and O–H groups in total.